The van der Waals surface area contributed by atoms with E-state index in [-0.39, 0.29) is 28.7 Å². The van der Waals surface area contributed by atoms with Gasteiger partial charge in [-0.25, -0.2) is 14.2 Å². The average Bonchev–Trinajstić information content (AvgIpc) is 3.51. The standard InChI is InChI=1S/C23H21FN4O5S/c1-15(29)27(19-7-3-2-6-18(19)24)23-25-17(14-34-23)13-33-22(30)16-8-9-20(21(12-16)28(31)32)26-10-4-5-11-26/h2-3,6-9,12,14H,4-5,10-11,13H2,1H3. The van der Waals surface area contributed by atoms with Crippen molar-refractivity contribution in [1.29, 1.82) is 0 Å². The number of carbonyl (C=O) groups is 2. The average molecular weight is 485 g/mol. The van der Waals surface area contributed by atoms with Crippen molar-refractivity contribution in [3.8, 4) is 0 Å². The van der Waals surface area contributed by atoms with E-state index >= 15 is 0 Å². The van der Waals surface area contributed by atoms with Crippen molar-refractivity contribution in [2.45, 2.75) is 26.4 Å². The molecule has 0 saturated carbocycles. The molecular formula is C23H21FN4O5S. The topological polar surface area (TPSA) is 106 Å². The Kier molecular flexibility index (Phi) is 6.82. The van der Waals surface area contributed by atoms with Crippen molar-refractivity contribution in [3.05, 3.63) is 75.0 Å². The van der Waals surface area contributed by atoms with Gasteiger partial charge < -0.3 is 9.64 Å². The van der Waals surface area contributed by atoms with Gasteiger partial charge >= 0.3 is 5.97 Å². The molecule has 1 amide bonds. The van der Waals surface area contributed by atoms with Crippen LogP contribution in [0.15, 0.2) is 47.8 Å². The number of nitrogens with zero attached hydrogens (tertiary/aromatic N) is 4. The number of hydrogen-bond donors (Lipinski definition) is 0. The molecule has 0 bridgehead atoms. The largest absolute Gasteiger partial charge is 0.456 e. The molecular weight excluding hydrogens is 463 g/mol. The molecule has 0 spiro atoms. The van der Waals surface area contributed by atoms with E-state index in [2.05, 4.69) is 4.98 Å². The normalized spacial score (nSPS) is 13.1. The molecule has 1 aromatic heterocycles. The molecule has 176 valence electrons. The summed E-state index contributed by atoms with van der Waals surface area (Å²) in [5.41, 5.74) is 0.828. The number of benzene rings is 2. The summed E-state index contributed by atoms with van der Waals surface area (Å²) in [4.78, 5) is 43.1. The molecule has 4 rings (SSSR count). The highest BCUT2D eigenvalue weighted by Gasteiger charge is 2.25. The lowest BCUT2D eigenvalue weighted by molar-refractivity contribution is -0.384. The first kappa shape index (κ1) is 23.3. The van der Waals surface area contributed by atoms with Crippen molar-refractivity contribution in [3.63, 3.8) is 0 Å². The van der Waals surface area contributed by atoms with Crippen LogP contribution < -0.4 is 9.80 Å². The number of para-hydroxylation sites is 1. The summed E-state index contributed by atoms with van der Waals surface area (Å²) in [5, 5.41) is 13.4. The number of esters is 1. The molecule has 34 heavy (non-hydrogen) atoms. The van der Waals surface area contributed by atoms with Crippen LogP contribution in [0.5, 0.6) is 0 Å². The lowest BCUT2D eigenvalue weighted by Crippen LogP contribution is -2.23. The SMILES string of the molecule is CC(=O)N(c1nc(COC(=O)c2ccc(N3CCCC3)c([N+](=O)[O-])c2)cs1)c1ccccc1F. The number of aromatic nitrogens is 1. The summed E-state index contributed by atoms with van der Waals surface area (Å²) in [6.45, 7) is 2.56. The van der Waals surface area contributed by atoms with Gasteiger partial charge in [0.25, 0.3) is 5.69 Å². The van der Waals surface area contributed by atoms with Crippen molar-refractivity contribution in [2.75, 3.05) is 22.9 Å². The summed E-state index contributed by atoms with van der Waals surface area (Å²) in [6.07, 6.45) is 1.93. The molecule has 0 unspecified atom stereocenters. The Balaban J connectivity index is 1.48. The number of carbonyl (C=O) groups excluding carboxylic acids is 2. The number of halogens is 1. The number of ether oxygens (including phenoxy) is 1. The van der Waals surface area contributed by atoms with Crippen LogP contribution in [0.2, 0.25) is 0 Å². The van der Waals surface area contributed by atoms with Gasteiger partial charge in [0.05, 0.1) is 21.9 Å². The van der Waals surface area contributed by atoms with E-state index in [0.717, 1.165) is 42.2 Å². The maximum absolute atomic E-state index is 14.2. The summed E-state index contributed by atoms with van der Waals surface area (Å²) in [7, 11) is 0. The number of amides is 1. The van der Waals surface area contributed by atoms with Crippen molar-refractivity contribution >= 4 is 45.4 Å². The Morgan fingerprint density at radius 3 is 2.65 bits per heavy atom. The second kappa shape index (κ2) is 9.96. The lowest BCUT2D eigenvalue weighted by atomic mass is 10.1. The van der Waals surface area contributed by atoms with Crippen LogP contribution in [-0.4, -0.2) is 34.9 Å². The predicted molar refractivity (Wildman–Crippen MR) is 125 cm³/mol. The Morgan fingerprint density at radius 2 is 1.97 bits per heavy atom. The number of nitro groups is 1. The van der Waals surface area contributed by atoms with E-state index in [1.807, 2.05) is 4.90 Å². The van der Waals surface area contributed by atoms with Crippen LogP contribution >= 0.6 is 11.3 Å². The van der Waals surface area contributed by atoms with Crippen LogP contribution in [0, 0.1) is 15.9 Å². The Morgan fingerprint density at radius 1 is 1.24 bits per heavy atom. The monoisotopic (exact) mass is 484 g/mol. The molecule has 1 saturated heterocycles. The van der Waals surface area contributed by atoms with Gasteiger partial charge in [-0.3, -0.25) is 19.8 Å². The first-order valence-electron chi connectivity index (χ1n) is 10.6. The zero-order valence-electron chi connectivity index (χ0n) is 18.3. The summed E-state index contributed by atoms with van der Waals surface area (Å²) in [6, 6.07) is 10.1. The first-order chi connectivity index (χ1) is 16.3. The van der Waals surface area contributed by atoms with Gasteiger partial charge in [0.15, 0.2) is 5.13 Å². The number of nitro benzene ring substituents is 1. The van der Waals surface area contributed by atoms with Crippen LogP contribution in [-0.2, 0) is 16.1 Å². The Bertz CT molecular complexity index is 1240. The minimum atomic E-state index is -0.733. The fraction of sp³-hybridized carbons (Fsp3) is 0.261. The second-order valence-electron chi connectivity index (χ2n) is 7.66. The van der Waals surface area contributed by atoms with E-state index in [0.29, 0.717) is 11.4 Å². The molecule has 0 radical (unpaired) electrons. The van der Waals surface area contributed by atoms with Gasteiger partial charge in [-0.15, -0.1) is 11.3 Å². The van der Waals surface area contributed by atoms with Gasteiger partial charge in [-0.2, -0.15) is 0 Å². The number of rotatable bonds is 7. The third-order valence-corrected chi connectivity index (χ3v) is 6.22. The summed E-state index contributed by atoms with van der Waals surface area (Å²) in [5.74, 6) is -1.73. The van der Waals surface area contributed by atoms with Crippen molar-refractivity contribution < 1.29 is 23.6 Å². The zero-order valence-corrected chi connectivity index (χ0v) is 19.1. The summed E-state index contributed by atoms with van der Waals surface area (Å²) >= 11 is 1.10. The lowest BCUT2D eigenvalue weighted by Gasteiger charge is -2.18. The highest BCUT2D eigenvalue weighted by molar-refractivity contribution is 7.14. The van der Waals surface area contributed by atoms with E-state index in [1.54, 1.807) is 17.5 Å². The Hall–Kier alpha value is -3.86. The molecule has 1 aliphatic rings. The van der Waals surface area contributed by atoms with E-state index in [1.165, 1.54) is 37.3 Å². The van der Waals surface area contributed by atoms with E-state index < -0.39 is 22.6 Å². The second-order valence-corrected chi connectivity index (χ2v) is 8.49. The molecule has 2 aromatic carbocycles. The fourth-order valence-electron chi connectivity index (χ4n) is 3.75. The number of hydrogen-bond acceptors (Lipinski definition) is 8. The molecule has 0 N–H and O–H groups in total. The van der Waals surface area contributed by atoms with Gasteiger partial charge in [0.1, 0.15) is 18.1 Å². The van der Waals surface area contributed by atoms with Crippen LogP contribution in [0.3, 0.4) is 0 Å². The first-order valence-corrected chi connectivity index (χ1v) is 11.4. The third-order valence-electron chi connectivity index (χ3n) is 5.34. The minimum Gasteiger partial charge on any atom is -0.456 e. The van der Waals surface area contributed by atoms with Gasteiger partial charge in [-0.1, -0.05) is 12.1 Å². The zero-order chi connectivity index (χ0) is 24.2. The van der Waals surface area contributed by atoms with Gasteiger partial charge in [-0.05, 0) is 37.1 Å². The highest BCUT2D eigenvalue weighted by Crippen LogP contribution is 2.33. The molecule has 0 aliphatic carbocycles. The fourth-order valence-corrected chi connectivity index (χ4v) is 4.62. The highest BCUT2D eigenvalue weighted by atomic mass is 32.1. The van der Waals surface area contributed by atoms with Crippen molar-refractivity contribution in [1.82, 2.24) is 4.98 Å². The molecule has 1 aliphatic heterocycles. The molecule has 9 nitrogen and oxygen atoms in total. The molecule has 3 aromatic rings. The number of anilines is 3. The Labute approximate surface area is 198 Å². The maximum atomic E-state index is 14.2. The molecule has 0 atom stereocenters. The van der Waals surface area contributed by atoms with Crippen LogP contribution in [0.4, 0.5) is 26.6 Å². The number of thiazole rings is 1. The molecule has 2 heterocycles. The van der Waals surface area contributed by atoms with Crippen molar-refractivity contribution in [2.24, 2.45) is 0 Å². The molecule has 1 fully saturated rings. The van der Waals surface area contributed by atoms with E-state index in [4.69, 9.17) is 4.74 Å². The molecule has 11 heteroatoms. The maximum Gasteiger partial charge on any atom is 0.338 e. The minimum absolute atomic E-state index is 0.0572. The van der Waals surface area contributed by atoms with Gasteiger partial charge in [0, 0.05) is 31.5 Å². The van der Waals surface area contributed by atoms with E-state index in [9.17, 15) is 24.1 Å². The predicted octanol–water partition coefficient (Wildman–Crippen LogP) is 4.83. The van der Waals surface area contributed by atoms with Crippen LogP contribution in [0.25, 0.3) is 0 Å². The quantitative estimate of drug-likeness (QED) is 0.269. The smallest absolute Gasteiger partial charge is 0.338 e. The van der Waals surface area contributed by atoms with Crippen LogP contribution in [0.1, 0.15) is 35.8 Å². The summed E-state index contributed by atoms with van der Waals surface area (Å²) < 4.78 is 19.5. The van der Waals surface area contributed by atoms with Gasteiger partial charge in [0.2, 0.25) is 5.91 Å². The third kappa shape index (κ3) is 4.88.